The highest BCUT2D eigenvalue weighted by atomic mass is 32.2. The third-order valence-corrected chi connectivity index (χ3v) is 2.93. The van der Waals surface area contributed by atoms with Gasteiger partial charge in [0.1, 0.15) is 11.5 Å². The zero-order valence-corrected chi connectivity index (χ0v) is 10.2. The summed E-state index contributed by atoms with van der Waals surface area (Å²) in [5.74, 6) is 1.11. The number of aryl methyl sites for hydroxylation is 1. The summed E-state index contributed by atoms with van der Waals surface area (Å²) in [7, 11) is 0. The van der Waals surface area contributed by atoms with Crippen LogP contribution >= 0.6 is 12.0 Å². The molecular formula is C11H16O5S. The lowest BCUT2D eigenvalue weighted by Crippen LogP contribution is -1.89. The maximum absolute atomic E-state index is 9.53. The second kappa shape index (κ2) is 8.19. The Morgan fingerprint density at radius 1 is 1.12 bits per heavy atom. The molecule has 0 bridgehead atoms. The van der Waals surface area contributed by atoms with Gasteiger partial charge in [0.25, 0.3) is 0 Å². The number of benzene rings is 1. The Hall–Kier alpha value is -0.950. The highest BCUT2D eigenvalue weighted by Crippen LogP contribution is 2.23. The number of phenols is 2. The number of phenolic OH excluding ortho intramolecular Hbond substituents is 2. The summed E-state index contributed by atoms with van der Waals surface area (Å²) < 4.78 is 4.23. The van der Waals surface area contributed by atoms with Crippen molar-refractivity contribution in [3.8, 4) is 11.5 Å². The molecule has 0 heterocycles. The first-order valence-corrected chi connectivity index (χ1v) is 6.25. The molecule has 0 amide bonds. The monoisotopic (exact) mass is 260 g/mol. The normalized spacial score (nSPS) is 10.6. The Labute approximate surface area is 104 Å². The average Bonchev–Trinajstić information content (AvgIpc) is 2.32. The highest BCUT2D eigenvalue weighted by molar-refractivity contribution is 7.94. The molecule has 0 saturated carbocycles. The van der Waals surface area contributed by atoms with Crippen molar-refractivity contribution in [2.75, 3.05) is 5.75 Å². The Bertz CT molecular complexity index is 332. The Kier molecular flexibility index (Phi) is 6.80. The third kappa shape index (κ3) is 5.78. The Balaban J connectivity index is 2.15. The minimum atomic E-state index is 0.168. The van der Waals surface area contributed by atoms with Crippen LogP contribution in [0.2, 0.25) is 0 Å². The van der Waals surface area contributed by atoms with Gasteiger partial charge in [-0.05, 0) is 43.0 Å². The van der Waals surface area contributed by atoms with Crippen molar-refractivity contribution in [3.63, 3.8) is 0 Å². The van der Waals surface area contributed by atoms with Gasteiger partial charge in [0.2, 0.25) is 0 Å². The molecule has 0 aliphatic carbocycles. The van der Waals surface area contributed by atoms with Gasteiger partial charge in [0.15, 0.2) is 0 Å². The molecule has 1 aromatic carbocycles. The quantitative estimate of drug-likeness (QED) is 0.219. The van der Waals surface area contributed by atoms with E-state index in [-0.39, 0.29) is 11.5 Å². The molecule has 1 aromatic rings. The second-order valence-electron chi connectivity index (χ2n) is 3.59. The lowest BCUT2D eigenvalue weighted by atomic mass is 10.1. The average molecular weight is 260 g/mol. The maximum atomic E-state index is 9.53. The molecule has 0 saturated heterocycles. The highest BCUT2D eigenvalue weighted by Gasteiger charge is 2.02. The molecule has 6 heteroatoms. The first-order valence-electron chi connectivity index (χ1n) is 5.34. The molecule has 0 aliphatic rings. The predicted molar refractivity (Wildman–Crippen MR) is 64.6 cm³/mol. The summed E-state index contributed by atoms with van der Waals surface area (Å²) in [6.07, 6.45) is 3.53. The Morgan fingerprint density at radius 3 is 2.71 bits per heavy atom. The van der Waals surface area contributed by atoms with E-state index >= 15 is 0 Å². The summed E-state index contributed by atoms with van der Waals surface area (Å²) in [6.45, 7) is 0. The Morgan fingerprint density at radius 2 is 1.94 bits per heavy atom. The number of hydrogen-bond donors (Lipinski definition) is 3. The van der Waals surface area contributed by atoms with Crippen LogP contribution in [-0.4, -0.2) is 21.2 Å². The number of hydrogen-bond acceptors (Lipinski definition) is 6. The van der Waals surface area contributed by atoms with E-state index in [0.717, 1.165) is 49.0 Å². The lowest BCUT2D eigenvalue weighted by Gasteiger charge is -2.05. The molecular weight excluding hydrogens is 244 g/mol. The smallest absolute Gasteiger partial charge is 0.119 e. The SMILES string of the molecule is OOOSCCCCCc1cc(O)ccc1O. The first-order chi connectivity index (χ1) is 8.24. The van der Waals surface area contributed by atoms with Crippen LogP contribution in [0.4, 0.5) is 0 Å². The van der Waals surface area contributed by atoms with Crippen LogP contribution < -0.4 is 0 Å². The predicted octanol–water partition coefficient (Wildman–Crippen LogP) is 2.88. The lowest BCUT2D eigenvalue weighted by molar-refractivity contribution is -0.432. The summed E-state index contributed by atoms with van der Waals surface area (Å²) >= 11 is 1.04. The summed E-state index contributed by atoms with van der Waals surface area (Å²) in [4.78, 5) is 0. The number of rotatable bonds is 8. The van der Waals surface area contributed by atoms with Crippen LogP contribution in [0.5, 0.6) is 11.5 Å². The molecule has 17 heavy (non-hydrogen) atoms. The summed E-state index contributed by atoms with van der Waals surface area (Å²) in [5, 5.41) is 30.1. The maximum Gasteiger partial charge on any atom is 0.119 e. The minimum Gasteiger partial charge on any atom is -0.508 e. The number of aromatic hydroxyl groups is 2. The molecule has 0 radical (unpaired) electrons. The van der Waals surface area contributed by atoms with Gasteiger partial charge >= 0.3 is 0 Å². The molecule has 0 fully saturated rings. The van der Waals surface area contributed by atoms with Crippen molar-refractivity contribution in [1.82, 2.24) is 0 Å². The van der Waals surface area contributed by atoms with E-state index in [1.54, 1.807) is 6.07 Å². The van der Waals surface area contributed by atoms with Crippen molar-refractivity contribution in [2.45, 2.75) is 25.7 Å². The summed E-state index contributed by atoms with van der Waals surface area (Å²) in [6, 6.07) is 4.53. The first kappa shape index (κ1) is 14.1. The van der Waals surface area contributed by atoms with Crippen LogP contribution in [0, 0.1) is 0 Å². The molecule has 0 aromatic heterocycles. The van der Waals surface area contributed by atoms with Gasteiger partial charge in [-0.2, -0.15) is 0 Å². The minimum absolute atomic E-state index is 0.168. The van der Waals surface area contributed by atoms with Gasteiger partial charge in [0, 0.05) is 17.8 Å². The van der Waals surface area contributed by atoms with Gasteiger partial charge in [-0.3, -0.25) is 0 Å². The van der Waals surface area contributed by atoms with Crippen LogP contribution in [0.25, 0.3) is 0 Å². The van der Waals surface area contributed by atoms with Crippen LogP contribution in [0.15, 0.2) is 18.2 Å². The molecule has 5 nitrogen and oxygen atoms in total. The van der Waals surface area contributed by atoms with Crippen molar-refractivity contribution in [3.05, 3.63) is 23.8 Å². The molecule has 0 unspecified atom stereocenters. The van der Waals surface area contributed by atoms with E-state index in [1.807, 2.05) is 0 Å². The van der Waals surface area contributed by atoms with Crippen molar-refractivity contribution in [2.24, 2.45) is 0 Å². The molecule has 0 aliphatic heterocycles. The van der Waals surface area contributed by atoms with Gasteiger partial charge in [-0.25, -0.2) is 5.26 Å². The summed E-state index contributed by atoms with van der Waals surface area (Å²) in [5.41, 5.74) is 0.757. The fourth-order valence-electron chi connectivity index (χ4n) is 1.48. The van der Waals surface area contributed by atoms with E-state index in [9.17, 15) is 10.2 Å². The fourth-order valence-corrected chi connectivity index (χ4v) is 1.91. The zero-order valence-electron chi connectivity index (χ0n) is 9.33. The largest absolute Gasteiger partial charge is 0.508 e. The van der Waals surface area contributed by atoms with Crippen molar-refractivity contribution in [1.29, 1.82) is 0 Å². The van der Waals surface area contributed by atoms with Crippen molar-refractivity contribution >= 4 is 12.0 Å². The second-order valence-corrected chi connectivity index (χ2v) is 4.37. The van der Waals surface area contributed by atoms with Crippen LogP contribution in [0.3, 0.4) is 0 Å². The molecule has 96 valence electrons. The van der Waals surface area contributed by atoms with E-state index in [2.05, 4.69) is 9.37 Å². The molecule has 3 N–H and O–H groups in total. The molecule has 0 spiro atoms. The fraction of sp³-hybridized carbons (Fsp3) is 0.455. The van der Waals surface area contributed by atoms with E-state index in [1.165, 1.54) is 12.1 Å². The van der Waals surface area contributed by atoms with E-state index < -0.39 is 0 Å². The zero-order chi connectivity index (χ0) is 12.5. The van der Waals surface area contributed by atoms with E-state index in [0.29, 0.717) is 0 Å². The molecule has 1 rings (SSSR count). The van der Waals surface area contributed by atoms with E-state index in [4.69, 9.17) is 5.26 Å². The van der Waals surface area contributed by atoms with Gasteiger partial charge in [-0.15, -0.1) is 4.33 Å². The standard InChI is InChI=1S/C11H16O5S/c12-10-5-6-11(13)9(8-10)4-2-1-3-7-17-16-15-14/h5-6,8,12-14H,1-4,7H2. The van der Waals surface area contributed by atoms with Crippen molar-refractivity contribution < 1.29 is 24.8 Å². The van der Waals surface area contributed by atoms with Crippen LogP contribution in [0.1, 0.15) is 24.8 Å². The van der Waals surface area contributed by atoms with Gasteiger partial charge < -0.3 is 10.2 Å². The number of unbranched alkanes of at least 4 members (excludes halogenated alkanes) is 2. The van der Waals surface area contributed by atoms with Gasteiger partial charge in [0.05, 0.1) is 0 Å². The topological polar surface area (TPSA) is 79.2 Å². The molecule has 0 atom stereocenters. The third-order valence-electron chi connectivity index (χ3n) is 2.32. The van der Waals surface area contributed by atoms with Crippen LogP contribution in [-0.2, 0) is 15.8 Å². The van der Waals surface area contributed by atoms with Gasteiger partial charge in [-0.1, -0.05) is 11.5 Å².